The molecule has 0 spiro atoms. The van der Waals surface area contributed by atoms with Crippen LogP contribution in [0.1, 0.15) is 23.9 Å². The minimum absolute atomic E-state index is 0.0729. The molecule has 0 aliphatic carbocycles. The molecular weight excluding hydrogens is 286 g/mol. The first kappa shape index (κ1) is 15.6. The largest absolute Gasteiger partial charge is 0.480 e. The Bertz CT molecular complexity index is 665. The molecular formula is C14H17N5O3. The molecule has 1 amide bonds. The van der Waals surface area contributed by atoms with Crippen LogP contribution in [0.4, 0.5) is 0 Å². The van der Waals surface area contributed by atoms with E-state index in [9.17, 15) is 9.59 Å². The van der Waals surface area contributed by atoms with Gasteiger partial charge in [-0.3, -0.25) is 9.59 Å². The number of benzene rings is 1. The highest BCUT2D eigenvalue weighted by atomic mass is 16.4. The van der Waals surface area contributed by atoms with Gasteiger partial charge >= 0.3 is 5.97 Å². The molecule has 1 aromatic heterocycles. The van der Waals surface area contributed by atoms with Crippen molar-refractivity contribution in [1.29, 1.82) is 0 Å². The summed E-state index contributed by atoms with van der Waals surface area (Å²) in [4.78, 5) is 22.5. The van der Waals surface area contributed by atoms with Crippen LogP contribution in [0.15, 0.2) is 24.3 Å². The van der Waals surface area contributed by atoms with E-state index in [1.165, 1.54) is 11.6 Å². The zero-order valence-corrected chi connectivity index (χ0v) is 12.4. The van der Waals surface area contributed by atoms with Gasteiger partial charge < -0.3 is 10.4 Å². The van der Waals surface area contributed by atoms with E-state index >= 15 is 0 Å². The fourth-order valence-corrected chi connectivity index (χ4v) is 1.84. The Balaban J connectivity index is 2.01. The summed E-state index contributed by atoms with van der Waals surface area (Å²) in [6.45, 7) is 3.85. The van der Waals surface area contributed by atoms with Crippen LogP contribution in [-0.4, -0.2) is 43.2 Å². The summed E-state index contributed by atoms with van der Waals surface area (Å²) in [5, 5.41) is 22.4. The van der Waals surface area contributed by atoms with E-state index in [4.69, 9.17) is 5.11 Å². The van der Waals surface area contributed by atoms with Gasteiger partial charge in [0.1, 0.15) is 6.04 Å². The Morgan fingerprint density at radius 1 is 1.32 bits per heavy atom. The van der Waals surface area contributed by atoms with E-state index in [2.05, 4.69) is 20.8 Å². The van der Waals surface area contributed by atoms with Crippen molar-refractivity contribution in [1.82, 2.24) is 25.5 Å². The maximum Gasteiger partial charge on any atom is 0.325 e. The highest BCUT2D eigenvalue weighted by molar-refractivity contribution is 5.84. The van der Waals surface area contributed by atoms with E-state index in [1.54, 1.807) is 0 Å². The number of nitrogens with one attached hydrogen (secondary N) is 1. The molecule has 1 atom stereocenters. The topological polar surface area (TPSA) is 110 Å². The van der Waals surface area contributed by atoms with Crippen LogP contribution in [0.2, 0.25) is 0 Å². The molecule has 0 saturated carbocycles. The van der Waals surface area contributed by atoms with Crippen molar-refractivity contribution < 1.29 is 14.7 Å². The third kappa shape index (κ3) is 4.11. The lowest BCUT2D eigenvalue weighted by molar-refractivity contribution is -0.141. The number of tetrazole rings is 1. The molecule has 8 heteroatoms. The summed E-state index contributed by atoms with van der Waals surface area (Å²) in [7, 11) is 0. The summed E-state index contributed by atoms with van der Waals surface area (Å²) >= 11 is 0. The molecule has 0 fully saturated rings. The average Bonchev–Trinajstić information content (AvgIpc) is 2.88. The fraction of sp³-hybridized carbons (Fsp3) is 0.357. The van der Waals surface area contributed by atoms with Gasteiger partial charge in [0, 0.05) is 0 Å². The Morgan fingerprint density at radius 2 is 2.00 bits per heavy atom. The predicted molar refractivity (Wildman–Crippen MR) is 77.0 cm³/mol. The van der Waals surface area contributed by atoms with Crippen LogP contribution in [0.5, 0.6) is 0 Å². The van der Waals surface area contributed by atoms with Gasteiger partial charge in [-0.15, -0.1) is 5.10 Å². The van der Waals surface area contributed by atoms with Crippen LogP contribution in [0.3, 0.4) is 0 Å². The molecule has 1 heterocycles. The number of amides is 1. The number of nitrogens with zero attached hydrogens (tertiary/aromatic N) is 4. The fourth-order valence-electron chi connectivity index (χ4n) is 1.84. The number of aromatic nitrogens is 4. The van der Waals surface area contributed by atoms with Gasteiger partial charge in [-0.2, -0.15) is 0 Å². The van der Waals surface area contributed by atoms with E-state index in [0.29, 0.717) is 12.4 Å². The van der Waals surface area contributed by atoms with Crippen LogP contribution in [-0.2, 0) is 22.6 Å². The van der Waals surface area contributed by atoms with Crippen molar-refractivity contribution in [3.8, 4) is 0 Å². The first-order valence-corrected chi connectivity index (χ1v) is 6.78. The summed E-state index contributed by atoms with van der Waals surface area (Å²) in [6.07, 6.45) is -0.0729. The molecule has 2 aromatic rings. The Labute approximate surface area is 127 Å². The van der Waals surface area contributed by atoms with Crippen LogP contribution in [0.25, 0.3) is 0 Å². The van der Waals surface area contributed by atoms with Crippen LogP contribution < -0.4 is 5.32 Å². The number of aliphatic carboxylic acids is 1. The summed E-state index contributed by atoms with van der Waals surface area (Å²) in [6, 6.07) is 6.95. The zero-order chi connectivity index (χ0) is 16.1. The van der Waals surface area contributed by atoms with Crippen LogP contribution in [0, 0.1) is 6.92 Å². The number of carboxylic acid groups (broad SMARTS) is 1. The van der Waals surface area contributed by atoms with Gasteiger partial charge in [0.05, 0.1) is 13.0 Å². The number of carboxylic acids is 1. The van der Waals surface area contributed by atoms with Crippen LogP contribution >= 0.6 is 0 Å². The first-order valence-electron chi connectivity index (χ1n) is 6.78. The van der Waals surface area contributed by atoms with Gasteiger partial charge in [-0.1, -0.05) is 29.8 Å². The van der Waals surface area contributed by atoms with Gasteiger partial charge in [-0.25, -0.2) is 4.68 Å². The summed E-state index contributed by atoms with van der Waals surface area (Å²) in [5.41, 5.74) is 2.17. The third-order valence-electron chi connectivity index (χ3n) is 3.13. The second-order valence-electron chi connectivity index (χ2n) is 5.04. The predicted octanol–water partition coefficient (Wildman–Crippen LogP) is 0.162. The molecule has 0 bridgehead atoms. The third-order valence-corrected chi connectivity index (χ3v) is 3.13. The minimum atomic E-state index is -1.09. The second-order valence-corrected chi connectivity index (χ2v) is 5.04. The number of rotatable bonds is 6. The Hall–Kier alpha value is -2.77. The lowest BCUT2D eigenvalue weighted by Gasteiger charge is -2.09. The molecule has 2 N–H and O–H groups in total. The molecule has 1 unspecified atom stereocenters. The molecule has 8 nitrogen and oxygen atoms in total. The van der Waals surface area contributed by atoms with Crippen molar-refractivity contribution in [3.05, 3.63) is 41.2 Å². The quantitative estimate of drug-likeness (QED) is 0.786. The zero-order valence-electron chi connectivity index (χ0n) is 12.4. The first-order chi connectivity index (χ1) is 10.5. The number of hydrogen-bond donors (Lipinski definition) is 2. The van der Waals surface area contributed by atoms with Gasteiger partial charge in [-0.05, 0) is 29.8 Å². The molecule has 1 aromatic carbocycles. The van der Waals surface area contributed by atoms with Crippen molar-refractivity contribution in [2.45, 2.75) is 32.9 Å². The molecule has 0 saturated heterocycles. The number of carbonyl (C=O) groups excluding carboxylic acids is 1. The minimum Gasteiger partial charge on any atom is -0.480 e. The molecule has 0 aliphatic heterocycles. The van der Waals surface area contributed by atoms with Crippen molar-refractivity contribution in [2.75, 3.05) is 0 Å². The number of carbonyl (C=O) groups is 2. The van der Waals surface area contributed by atoms with E-state index in [1.807, 2.05) is 31.2 Å². The molecule has 0 radical (unpaired) electrons. The van der Waals surface area contributed by atoms with Crippen molar-refractivity contribution in [3.63, 3.8) is 0 Å². The average molecular weight is 303 g/mol. The normalized spacial score (nSPS) is 11.9. The summed E-state index contributed by atoms with van der Waals surface area (Å²) < 4.78 is 1.52. The standard InChI is InChI=1S/C14H17N5O3/c1-9-3-5-11(6-4-9)8-19-12(16-17-18-19)7-13(20)15-10(2)14(21)22/h3-6,10H,7-8H2,1-2H3,(H,15,20)(H,21,22). The SMILES string of the molecule is Cc1ccc(Cn2nnnc2CC(=O)NC(C)C(=O)O)cc1. The van der Waals surface area contributed by atoms with E-state index < -0.39 is 17.9 Å². The highest BCUT2D eigenvalue weighted by Crippen LogP contribution is 2.06. The number of aryl methyl sites for hydroxylation is 1. The van der Waals surface area contributed by atoms with Crippen molar-refractivity contribution in [2.24, 2.45) is 0 Å². The highest BCUT2D eigenvalue weighted by Gasteiger charge is 2.17. The Morgan fingerprint density at radius 3 is 2.64 bits per heavy atom. The van der Waals surface area contributed by atoms with E-state index in [-0.39, 0.29) is 6.42 Å². The van der Waals surface area contributed by atoms with Gasteiger partial charge in [0.2, 0.25) is 5.91 Å². The maximum absolute atomic E-state index is 11.8. The monoisotopic (exact) mass is 303 g/mol. The van der Waals surface area contributed by atoms with Crippen molar-refractivity contribution >= 4 is 11.9 Å². The van der Waals surface area contributed by atoms with Gasteiger partial charge in [0.25, 0.3) is 0 Å². The molecule has 2 rings (SSSR count). The molecule has 22 heavy (non-hydrogen) atoms. The lowest BCUT2D eigenvalue weighted by atomic mass is 10.1. The summed E-state index contributed by atoms with van der Waals surface area (Å²) in [5.74, 6) is -1.14. The second kappa shape index (κ2) is 6.79. The number of hydrogen-bond acceptors (Lipinski definition) is 5. The maximum atomic E-state index is 11.8. The van der Waals surface area contributed by atoms with Gasteiger partial charge in [0.15, 0.2) is 5.82 Å². The smallest absolute Gasteiger partial charge is 0.325 e. The Kier molecular flexibility index (Phi) is 4.82. The lowest BCUT2D eigenvalue weighted by Crippen LogP contribution is -2.39. The molecule has 116 valence electrons. The molecule has 0 aliphatic rings. The van der Waals surface area contributed by atoms with E-state index in [0.717, 1.165) is 11.1 Å².